The highest BCUT2D eigenvalue weighted by Crippen LogP contribution is 2.24. The number of hydrogen-bond acceptors (Lipinski definition) is 2. The molecule has 0 aliphatic heterocycles. The Labute approximate surface area is 112 Å². The van der Waals surface area contributed by atoms with Gasteiger partial charge in [0.1, 0.15) is 12.4 Å². The maximum Gasteiger partial charge on any atom is 0.122 e. The van der Waals surface area contributed by atoms with Crippen molar-refractivity contribution < 1.29 is 4.74 Å². The second-order valence-electron chi connectivity index (χ2n) is 3.43. The van der Waals surface area contributed by atoms with Crippen LogP contribution in [0.1, 0.15) is 10.4 Å². The number of thiophene rings is 1. The van der Waals surface area contributed by atoms with E-state index in [1.165, 1.54) is 4.88 Å². The zero-order chi connectivity index (χ0) is 11.5. The third kappa shape index (κ3) is 3.00. The Morgan fingerprint density at radius 3 is 2.81 bits per heavy atom. The fourth-order valence-corrected chi connectivity index (χ4v) is 2.77. The number of aryl methyl sites for hydroxylation is 1. The minimum absolute atomic E-state index is 0.595. The van der Waals surface area contributed by atoms with E-state index in [1.807, 2.05) is 30.5 Å². The molecule has 0 amide bonds. The molecule has 1 heterocycles. The first-order chi connectivity index (χ1) is 7.65. The van der Waals surface area contributed by atoms with E-state index in [0.717, 1.165) is 20.8 Å². The van der Waals surface area contributed by atoms with Gasteiger partial charge in [0.15, 0.2) is 0 Å². The smallest absolute Gasteiger partial charge is 0.122 e. The molecule has 0 atom stereocenters. The van der Waals surface area contributed by atoms with Gasteiger partial charge in [-0.15, -0.1) is 11.3 Å². The molecule has 2 aromatic rings. The van der Waals surface area contributed by atoms with Gasteiger partial charge in [-0.25, -0.2) is 0 Å². The summed E-state index contributed by atoms with van der Waals surface area (Å²) < 4.78 is 6.77. The molecule has 0 unspecified atom stereocenters. The zero-order valence-corrected chi connectivity index (χ0v) is 11.8. The van der Waals surface area contributed by atoms with E-state index in [-0.39, 0.29) is 0 Å². The molecular formula is C12H10BrClOS. The number of benzene rings is 1. The lowest BCUT2D eigenvalue weighted by atomic mass is 10.2. The Hall–Kier alpha value is -0.510. The summed E-state index contributed by atoms with van der Waals surface area (Å²) in [6.45, 7) is 2.56. The molecule has 0 N–H and O–H groups in total. The summed E-state index contributed by atoms with van der Waals surface area (Å²) in [5.41, 5.74) is 1.03. The van der Waals surface area contributed by atoms with Gasteiger partial charge in [0.25, 0.3) is 0 Å². The van der Waals surface area contributed by atoms with Gasteiger partial charge in [-0.05, 0) is 52.7 Å². The Kier molecular flexibility index (Phi) is 3.90. The first-order valence-corrected chi connectivity index (χ1v) is 6.82. The lowest BCUT2D eigenvalue weighted by molar-refractivity contribution is 0.309. The van der Waals surface area contributed by atoms with Gasteiger partial charge in [0.05, 0.1) is 0 Å². The van der Waals surface area contributed by atoms with E-state index < -0.39 is 0 Å². The predicted molar refractivity (Wildman–Crippen MR) is 72.5 cm³/mol. The lowest BCUT2D eigenvalue weighted by Gasteiger charge is -2.06. The van der Waals surface area contributed by atoms with E-state index in [9.17, 15) is 0 Å². The van der Waals surface area contributed by atoms with Crippen molar-refractivity contribution >= 4 is 38.9 Å². The molecule has 4 heteroatoms. The molecule has 0 radical (unpaired) electrons. The summed E-state index contributed by atoms with van der Waals surface area (Å²) in [5.74, 6) is 0.853. The first-order valence-electron chi connectivity index (χ1n) is 4.77. The summed E-state index contributed by atoms with van der Waals surface area (Å²) in [5, 5.41) is 2.82. The molecular weight excluding hydrogens is 308 g/mol. The van der Waals surface area contributed by atoms with Crippen LogP contribution >= 0.6 is 38.9 Å². The second-order valence-corrected chi connectivity index (χ2v) is 5.75. The summed E-state index contributed by atoms with van der Waals surface area (Å²) in [6, 6.07) is 7.76. The van der Waals surface area contributed by atoms with Crippen LogP contribution in [-0.2, 0) is 6.61 Å². The van der Waals surface area contributed by atoms with Crippen LogP contribution in [0.15, 0.2) is 34.1 Å². The molecule has 1 aromatic carbocycles. The van der Waals surface area contributed by atoms with Crippen LogP contribution in [0.3, 0.4) is 0 Å². The van der Waals surface area contributed by atoms with Crippen LogP contribution in [-0.4, -0.2) is 0 Å². The second kappa shape index (κ2) is 5.21. The van der Waals surface area contributed by atoms with Crippen molar-refractivity contribution in [3.63, 3.8) is 0 Å². The van der Waals surface area contributed by atoms with Crippen molar-refractivity contribution in [2.45, 2.75) is 13.5 Å². The predicted octanol–water partition coefficient (Wildman–Crippen LogP) is 5.05. The van der Waals surface area contributed by atoms with Crippen LogP contribution in [0.4, 0.5) is 0 Å². The highest BCUT2D eigenvalue weighted by Gasteiger charge is 2.01. The summed E-state index contributed by atoms with van der Waals surface area (Å²) in [4.78, 5) is 1.19. The molecule has 1 aromatic heterocycles. The Balaban J connectivity index is 2.02. The van der Waals surface area contributed by atoms with E-state index in [4.69, 9.17) is 16.3 Å². The van der Waals surface area contributed by atoms with Crippen LogP contribution in [0.2, 0.25) is 5.02 Å². The normalized spacial score (nSPS) is 10.4. The molecule has 0 bridgehead atoms. The SMILES string of the molecule is Cc1cc(OCc2cc(Br)cs2)ccc1Cl. The maximum atomic E-state index is 5.94. The van der Waals surface area contributed by atoms with Crippen molar-refractivity contribution in [1.29, 1.82) is 0 Å². The minimum atomic E-state index is 0.595. The minimum Gasteiger partial charge on any atom is -0.488 e. The molecule has 0 fully saturated rings. The fourth-order valence-electron chi connectivity index (χ4n) is 1.29. The van der Waals surface area contributed by atoms with Gasteiger partial charge >= 0.3 is 0 Å². The average Bonchev–Trinajstić information content (AvgIpc) is 2.66. The van der Waals surface area contributed by atoms with Crippen molar-refractivity contribution in [2.24, 2.45) is 0 Å². The molecule has 0 aliphatic carbocycles. The van der Waals surface area contributed by atoms with Crippen molar-refractivity contribution in [2.75, 3.05) is 0 Å². The van der Waals surface area contributed by atoms with Gasteiger partial charge in [-0.2, -0.15) is 0 Å². The van der Waals surface area contributed by atoms with Gasteiger partial charge < -0.3 is 4.74 Å². The lowest BCUT2D eigenvalue weighted by Crippen LogP contribution is -1.93. The fraction of sp³-hybridized carbons (Fsp3) is 0.167. The number of halogens is 2. The van der Waals surface area contributed by atoms with Crippen molar-refractivity contribution in [1.82, 2.24) is 0 Å². The monoisotopic (exact) mass is 316 g/mol. The average molecular weight is 318 g/mol. The zero-order valence-electron chi connectivity index (χ0n) is 8.67. The van der Waals surface area contributed by atoms with Crippen LogP contribution in [0.5, 0.6) is 5.75 Å². The first kappa shape index (κ1) is 12.0. The molecule has 2 rings (SSSR count). The van der Waals surface area contributed by atoms with Crippen LogP contribution in [0.25, 0.3) is 0 Å². The number of rotatable bonds is 3. The highest BCUT2D eigenvalue weighted by atomic mass is 79.9. The Morgan fingerprint density at radius 1 is 1.38 bits per heavy atom. The standard InChI is InChI=1S/C12H10BrClOS/c1-8-4-10(2-3-12(8)14)15-6-11-5-9(13)7-16-11/h2-5,7H,6H2,1H3. The van der Waals surface area contributed by atoms with Crippen molar-refractivity contribution in [3.8, 4) is 5.75 Å². The highest BCUT2D eigenvalue weighted by molar-refractivity contribution is 9.10. The van der Waals surface area contributed by atoms with E-state index in [1.54, 1.807) is 11.3 Å². The molecule has 0 aliphatic rings. The van der Waals surface area contributed by atoms with E-state index in [0.29, 0.717) is 6.61 Å². The van der Waals surface area contributed by atoms with Gasteiger partial charge in [0.2, 0.25) is 0 Å². The topological polar surface area (TPSA) is 9.23 Å². The van der Waals surface area contributed by atoms with Crippen LogP contribution in [0, 0.1) is 6.92 Å². The van der Waals surface area contributed by atoms with Gasteiger partial charge in [-0.3, -0.25) is 0 Å². The third-order valence-electron chi connectivity index (χ3n) is 2.13. The molecule has 1 nitrogen and oxygen atoms in total. The maximum absolute atomic E-state index is 5.94. The summed E-state index contributed by atoms with van der Waals surface area (Å²) in [7, 11) is 0. The van der Waals surface area contributed by atoms with E-state index in [2.05, 4.69) is 22.0 Å². The molecule has 0 saturated heterocycles. The Morgan fingerprint density at radius 2 is 2.19 bits per heavy atom. The number of hydrogen-bond donors (Lipinski definition) is 0. The molecule has 16 heavy (non-hydrogen) atoms. The largest absolute Gasteiger partial charge is 0.488 e. The Bertz CT molecular complexity index is 496. The third-order valence-corrected chi connectivity index (χ3v) is 4.23. The number of ether oxygens (including phenoxy) is 1. The summed E-state index contributed by atoms with van der Waals surface area (Å²) >= 11 is 11.0. The van der Waals surface area contributed by atoms with Crippen LogP contribution < -0.4 is 4.74 Å². The van der Waals surface area contributed by atoms with Crippen molar-refractivity contribution in [3.05, 3.63) is 49.6 Å². The quantitative estimate of drug-likeness (QED) is 0.769. The molecule has 0 saturated carbocycles. The molecule has 0 spiro atoms. The van der Waals surface area contributed by atoms with Gasteiger partial charge in [0, 0.05) is 19.8 Å². The molecule has 84 valence electrons. The summed E-state index contributed by atoms with van der Waals surface area (Å²) in [6.07, 6.45) is 0. The van der Waals surface area contributed by atoms with E-state index >= 15 is 0 Å². The van der Waals surface area contributed by atoms with Gasteiger partial charge in [-0.1, -0.05) is 11.6 Å².